The molecule has 0 saturated heterocycles. The molecule has 96 valence electrons. The first-order valence-electron chi connectivity index (χ1n) is 6.23. The van der Waals surface area contributed by atoms with E-state index in [0.29, 0.717) is 6.54 Å². The number of aromatic amines is 1. The van der Waals surface area contributed by atoms with Crippen molar-refractivity contribution in [1.82, 2.24) is 10.2 Å². The summed E-state index contributed by atoms with van der Waals surface area (Å²) in [7, 11) is 0. The summed E-state index contributed by atoms with van der Waals surface area (Å²) in [5.74, 6) is 0. The van der Waals surface area contributed by atoms with Gasteiger partial charge in [0.25, 0.3) is 0 Å². The third-order valence-corrected chi connectivity index (χ3v) is 3.50. The first kappa shape index (κ1) is 13.1. The van der Waals surface area contributed by atoms with Gasteiger partial charge in [-0.25, -0.2) is 0 Å². The largest absolute Gasteiger partial charge is 0.325 e. The van der Waals surface area contributed by atoms with Crippen molar-refractivity contribution in [2.75, 3.05) is 0 Å². The molecule has 0 bridgehead atoms. The number of benzene rings is 1. The molecule has 3 nitrogen and oxygen atoms in total. The minimum Gasteiger partial charge on any atom is -0.325 e. The molecule has 0 fully saturated rings. The number of fused-ring (bicyclic) bond motifs is 1. The van der Waals surface area contributed by atoms with Gasteiger partial charge in [-0.05, 0) is 48.9 Å². The normalized spacial score (nSPS) is 13.8. The van der Waals surface area contributed by atoms with E-state index in [0.717, 1.165) is 11.4 Å². The van der Waals surface area contributed by atoms with Gasteiger partial charge in [0.05, 0.1) is 5.69 Å². The van der Waals surface area contributed by atoms with Crippen LogP contribution in [0.25, 0.3) is 11.3 Å². The molecule has 4 heteroatoms. The van der Waals surface area contributed by atoms with Gasteiger partial charge in [0.2, 0.25) is 0 Å². The van der Waals surface area contributed by atoms with Crippen LogP contribution >= 0.6 is 12.4 Å². The Hall–Kier alpha value is -1.32. The maximum absolute atomic E-state index is 5.58. The van der Waals surface area contributed by atoms with Gasteiger partial charge in [0.15, 0.2) is 0 Å². The average molecular weight is 264 g/mol. The van der Waals surface area contributed by atoms with Crippen LogP contribution in [0.1, 0.15) is 29.7 Å². The van der Waals surface area contributed by atoms with Gasteiger partial charge in [0.1, 0.15) is 0 Å². The first-order chi connectivity index (χ1) is 8.36. The first-order valence-corrected chi connectivity index (χ1v) is 6.23. The van der Waals surface area contributed by atoms with Crippen LogP contribution in [-0.4, -0.2) is 10.2 Å². The molecule has 1 aliphatic carbocycles. The van der Waals surface area contributed by atoms with Crippen LogP contribution in [-0.2, 0) is 19.4 Å². The van der Waals surface area contributed by atoms with E-state index in [-0.39, 0.29) is 12.4 Å². The monoisotopic (exact) mass is 263 g/mol. The number of nitrogens with one attached hydrogen (secondary N) is 1. The van der Waals surface area contributed by atoms with E-state index in [1.165, 1.54) is 42.4 Å². The average Bonchev–Trinajstić information content (AvgIpc) is 2.87. The van der Waals surface area contributed by atoms with Crippen molar-refractivity contribution in [3.8, 4) is 11.3 Å². The maximum atomic E-state index is 5.58. The summed E-state index contributed by atoms with van der Waals surface area (Å²) in [4.78, 5) is 0. The summed E-state index contributed by atoms with van der Waals surface area (Å²) in [6.45, 7) is 0.512. The molecule has 0 radical (unpaired) electrons. The topological polar surface area (TPSA) is 54.7 Å². The fourth-order valence-electron chi connectivity index (χ4n) is 2.51. The molecule has 1 aromatic heterocycles. The van der Waals surface area contributed by atoms with Crippen molar-refractivity contribution in [3.05, 3.63) is 41.1 Å². The van der Waals surface area contributed by atoms with Crippen LogP contribution in [0, 0.1) is 0 Å². The second-order valence-corrected chi connectivity index (χ2v) is 4.67. The molecule has 0 amide bonds. The van der Waals surface area contributed by atoms with Crippen molar-refractivity contribution < 1.29 is 0 Å². The molecule has 3 rings (SSSR count). The van der Waals surface area contributed by atoms with Crippen molar-refractivity contribution in [1.29, 1.82) is 0 Å². The van der Waals surface area contributed by atoms with Crippen LogP contribution in [0.2, 0.25) is 0 Å². The standard InChI is InChI=1S/C14H17N3.ClH/c15-9-13-8-14(17-16-13)12-6-5-10-3-1-2-4-11(10)7-12;/h5-8H,1-4,9,15H2,(H,16,17);1H. The van der Waals surface area contributed by atoms with Crippen LogP contribution in [0.5, 0.6) is 0 Å². The number of halogens is 1. The number of nitrogens with two attached hydrogens (primary N) is 1. The molecular formula is C14H18ClN3. The second kappa shape index (κ2) is 5.55. The van der Waals surface area contributed by atoms with Gasteiger partial charge in [0, 0.05) is 17.8 Å². The SMILES string of the molecule is Cl.NCc1cc(-c2ccc3c(c2)CCCC3)n[nH]1. The lowest BCUT2D eigenvalue weighted by molar-refractivity contribution is 0.686. The highest BCUT2D eigenvalue weighted by molar-refractivity contribution is 5.85. The Morgan fingerprint density at radius 2 is 1.89 bits per heavy atom. The Bertz CT molecular complexity index is 534. The van der Waals surface area contributed by atoms with E-state index >= 15 is 0 Å². The maximum Gasteiger partial charge on any atom is 0.0924 e. The lowest BCUT2D eigenvalue weighted by Gasteiger charge is -2.15. The van der Waals surface area contributed by atoms with Crippen molar-refractivity contribution in [2.45, 2.75) is 32.2 Å². The summed E-state index contributed by atoms with van der Waals surface area (Å²) in [6, 6.07) is 8.73. The van der Waals surface area contributed by atoms with Crippen LogP contribution in [0.4, 0.5) is 0 Å². The van der Waals surface area contributed by atoms with Crippen molar-refractivity contribution in [2.24, 2.45) is 5.73 Å². The zero-order valence-electron chi connectivity index (χ0n) is 10.3. The minimum absolute atomic E-state index is 0. The predicted octanol–water partition coefficient (Wildman–Crippen LogP) is 2.84. The summed E-state index contributed by atoms with van der Waals surface area (Å²) >= 11 is 0. The molecule has 2 aromatic rings. The van der Waals surface area contributed by atoms with Crippen LogP contribution in [0.3, 0.4) is 0 Å². The summed E-state index contributed by atoms with van der Waals surface area (Å²) in [5.41, 5.74) is 11.8. The van der Waals surface area contributed by atoms with E-state index in [1.54, 1.807) is 0 Å². The van der Waals surface area contributed by atoms with Crippen molar-refractivity contribution in [3.63, 3.8) is 0 Å². The number of H-pyrrole nitrogens is 1. The molecule has 0 atom stereocenters. The number of aryl methyl sites for hydroxylation is 2. The molecule has 1 heterocycles. The van der Waals surface area contributed by atoms with Gasteiger partial charge < -0.3 is 5.73 Å². The van der Waals surface area contributed by atoms with Crippen LogP contribution in [0.15, 0.2) is 24.3 Å². The molecule has 0 aliphatic heterocycles. The molecular weight excluding hydrogens is 246 g/mol. The third-order valence-electron chi connectivity index (χ3n) is 3.50. The summed E-state index contributed by atoms with van der Waals surface area (Å²) in [6.07, 6.45) is 5.07. The predicted molar refractivity (Wildman–Crippen MR) is 75.8 cm³/mol. The Morgan fingerprint density at radius 1 is 1.11 bits per heavy atom. The highest BCUT2D eigenvalue weighted by Gasteiger charge is 2.11. The van der Waals surface area contributed by atoms with E-state index in [9.17, 15) is 0 Å². The Balaban J connectivity index is 0.00000120. The zero-order valence-corrected chi connectivity index (χ0v) is 11.1. The van der Waals surface area contributed by atoms with E-state index in [2.05, 4.69) is 28.4 Å². The number of aromatic nitrogens is 2. The highest BCUT2D eigenvalue weighted by atomic mass is 35.5. The van der Waals surface area contributed by atoms with Gasteiger partial charge in [-0.15, -0.1) is 12.4 Å². The minimum atomic E-state index is 0. The molecule has 0 saturated carbocycles. The van der Waals surface area contributed by atoms with Crippen molar-refractivity contribution >= 4 is 12.4 Å². The molecule has 0 spiro atoms. The number of nitrogens with zero attached hydrogens (tertiary/aromatic N) is 1. The second-order valence-electron chi connectivity index (χ2n) is 4.67. The number of hydrogen-bond donors (Lipinski definition) is 2. The van der Waals surface area contributed by atoms with Gasteiger partial charge >= 0.3 is 0 Å². The molecule has 18 heavy (non-hydrogen) atoms. The Morgan fingerprint density at radius 3 is 2.61 bits per heavy atom. The van der Waals surface area contributed by atoms with Crippen LogP contribution < -0.4 is 5.73 Å². The smallest absolute Gasteiger partial charge is 0.0924 e. The molecule has 0 unspecified atom stereocenters. The molecule has 1 aliphatic rings. The zero-order chi connectivity index (χ0) is 11.7. The fourth-order valence-corrected chi connectivity index (χ4v) is 2.51. The van der Waals surface area contributed by atoms with Gasteiger partial charge in [-0.1, -0.05) is 12.1 Å². The van der Waals surface area contributed by atoms with E-state index < -0.39 is 0 Å². The fraction of sp³-hybridized carbons (Fsp3) is 0.357. The van der Waals surface area contributed by atoms with E-state index in [1.807, 2.05) is 6.07 Å². The summed E-state index contributed by atoms with van der Waals surface area (Å²) in [5, 5.41) is 7.26. The number of hydrogen-bond acceptors (Lipinski definition) is 2. The highest BCUT2D eigenvalue weighted by Crippen LogP contribution is 2.26. The lowest BCUT2D eigenvalue weighted by Crippen LogP contribution is -2.02. The quantitative estimate of drug-likeness (QED) is 0.875. The molecule has 1 aromatic carbocycles. The van der Waals surface area contributed by atoms with E-state index in [4.69, 9.17) is 5.73 Å². The van der Waals surface area contributed by atoms with Gasteiger partial charge in [-0.3, -0.25) is 5.10 Å². The van der Waals surface area contributed by atoms with Gasteiger partial charge in [-0.2, -0.15) is 5.10 Å². The number of rotatable bonds is 2. The lowest BCUT2D eigenvalue weighted by atomic mass is 9.90. The molecule has 3 N–H and O–H groups in total. The third kappa shape index (κ3) is 2.42. The Labute approximate surface area is 113 Å². The Kier molecular flexibility index (Phi) is 4.04. The summed E-state index contributed by atoms with van der Waals surface area (Å²) < 4.78 is 0.